The Kier molecular flexibility index (Phi) is 4.40. The Morgan fingerprint density at radius 3 is 2.56 bits per heavy atom. The fourth-order valence-corrected chi connectivity index (χ4v) is 2.69. The van der Waals surface area contributed by atoms with Gasteiger partial charge in [-0.2, -0.15) is 5.10 Å². The van der Waals surface area contributed by atoms with E-state index in [1.54, 1.807) is 35.4 Å². The number of hydrogen-bond acceptors (Lipinski definition) is 5. The zero-order chi connectivity index (χ0) is 18.6. The molecular weight excluding hydrogens is 340 g/mol. The highest BCUT2D eigenvalue weighted by Crippen LogP contribution is 2.19. The molecule has 0 saturated carbocycles. The van der Waals surface area contributed by atoms with E-state index >= 15 is 0 Å². The third-order valence-corrected chi connectivity index (χ3v) is 4.06. The van der Waals surface area contributed by atoms with Crippen LogP contribution >= 0.6 is 0 Å². The third-order valence-electron chi connectivity index (χ3n) is 4.06. The van der Waals surface area contributed by atoms with Crippen LogP contribution in [-0.4, -0.2) is 30.6 Å². The SMILES string of the molecule is Cc1nc(-c2ccccc2)ccc1C(=O)Nc1ccc(-n2cncn2)nc1. The summed E-state index contributed by atoms with van der Waals surface area (Å²) < 4.78 is 1.54. The minimum atomic E-state index is -0.227. The molecular formula is C20H16N6O. The topological polar surface area (TPSA) is 85.6 Å². The fraction of sp³-hybridized carbons (Fsp3) is 0.0500. The van der Waals surface area contributed by atoms with Crippen molar-refractivity contribution >= 4 is 11.6 Å². The summed E-state index contributed by atoms with van der Waals surface area (Å²) in [6, 6.07) is 17.0. The first-order valence-electron chi connectivity index (χ1n) is 8.36. The lowest BCUT2D eigenvalue weighted by atomic mass is 10.1. The van der Waals surface area contributed by atoms with Crippen LogP contribution < -0.4 is 5.32 Å². The summed E-state index contributed by atoms with van der Waals surface area (Å²) in [7, 11) is 0. The van der Waals surface area contributed by atoms with E-state index in [-0.39, 0.29) is 5.91 Å². The Hall–Kier alpha value is -3.87. The molecule has 0 fully saturated rings. The van der Waals surface area contributed by atoms with Gasteiger partial charge in [0.05, 0.1) is 28.8 Å². The summed E-state index contributed by atoms with van der Waals surface area (Å²) in [6.07, 6.45) is 4.58. The number of carbonyl (C=O) groups is 1. The van der Waals surface area contributed by atoms with Gasteiger partial charge in [-0.1, -0.05) is 30.3 Å². The van der Waals surface area contributed by atoms with Gasteiger partial charge >= 0.3 is 0 Å². The predicted octanol–water partition coefficient (Wildman–Crippen LogP) is 3.29. The number of nitrogens with one attached hydrogen (secondary N) is 1. The second-order valence-corrected chi connectivity index (χ2v) is 5.89. The highest BCUT2D eigenvalue weighted by Gasteiger charge is 2.12. The Labute approximate surface area is 155 Å². The van der Waals surface area contributed by atoms with Gasteiger partial charge in [-0.3, -0.25) is 9.78 Å². The van der Waals surface area contributed by atoms with Gasteiger partial charge in [0.25, 0.3) is 5.91 Å². The van der Waals surface area contributed by atoms with E-state index in [0.29, 0.717) is 22.8 Å². The largest absolute Gasteiger partial charge is 0.321 e. The molecule has 0 aliphatic heterocycles. The molecule has 3 heterocycles. The maximum Gasteiger partial charge on any atom is 0.257 e. The van der Waals surface area contributed by atoms with Crippen LogP contribution in [0, 0.1) is 6.92 Å². The van der Waals surface area contributed by atoms with Gasteiger partial charge in [0, 0.05) is 5.56 Å². The van der Waals surface area contributed by atoms with Gasteiger partial charge in [-0.25, -0.2) is 14.6 Å². The molecule has 0 saturated heterocycles. The minimum Gasteiger partial charge on any atom is -0.321 e. The van der Waals surface area contributed by atoms with Crippen LogP contribution in [0.2, 0.25) is 0 Å². The molecule has 0 unspecified atom stereocenters. The number of hydrogen-bond donors (Lipinski definition) is 1. The Balaban J connectivity index is 1.51. The number of rotatable bonds is 4. The van der Waals surface area contributed by atoms with E-state index in [1.807, 2.05) is 43.3 Å². The van der Waals surface area contributed by atoms with Crippen LogP contribution in [0.5, 0.6) is 0 Å². The lowest BCUT2D eigenvalue weighted by Gasteiger charge is -2.09. The maximum absolute atomic E-state index is 12.6. The van der Waals surface area contributed by atoms with E-state index < -0.39 is 0 Å². The molecule has 1 N–H and O–H groups in total. The smallest absolute Gasteiger partial charge is 0.257 e. The lowest BCUT2D eigenvalue weighted by Crippen LogP contribution is -2.14. The van der Waals surface area contributed by atoms with E-state index in [2.05, 4.69) is 25.4 Å². The summed E-state index contributed by atoms with van der Waals surface area (Å²) in [6.45, 7) is 1.83. The number of benzene rings is 1. The molecule has 3 aromatic heterocycles. The average molecular weight is 356 g/mol. The van der Waals surface area contributed by atoms with Crippen LogP contribution in [0.15, 0.2) is 73.4 Å². The van der Waals surface area contributed by atoms with Gasteiger partial charge in [0.2, 0.25) is 0 Å². The maximum atomic E-state index is 12.6. The van der Waals surface area contributed by atoms with Gasteiger partial charge in [0.1, 0.15) is 12.7 Å². The molecule has 4 rings (SSSR count). The molecule has 0 aliphatic rings. The van der Waals surface area contributed by atoms with E-state index in [0.717, 1.165) is 11.3 Å². The highest BCUT2D eigenvalue weighted by atomic mass is 16.1. The lowest BCUT2D eigenvalue weighted by molar-refractivity contribution is 0.102. The molecule has 0 spiro atoms. The number of nitrogens with zero attached hydrogens (tertiary/aromatic N) is 5. The molecule has 1 amide bonds. The summed E-state index contributed by atoms with van der Waals surface area (Å²) in [5.74, 6) is 0.394. The summed E-state index contributed by atoms with van der Waals surface area (Å²) in [4.78, 5) is 25.3. The number of pyridine rings is 2. The summed E-state index contributed by atoms with van der Waals surface area (Å²) in [5, 5.41) is 6.86. The second kappa shape index (κ2) is 7.17. The van der Waals surface area contributed by atoms with Crippen molar-refractivity contribution in [1.29, 1.82) is 0 Å². The fourth-order valence-electron chi connectivity index (χ4n) is 2.69. The van der Waals surface area contributed by atoms with Crippen molar-refractivity contribution in [3.05, 3.63) is 84.7 Å². The van der Waals surface area contributed by atoms with Crippen molar-refractivity contribution in [2.24, 2.45) is 0 Å². The van der Waals surface area contributed by atoms with E-state index in [1.165, 1.54) is 6.33 Å². The second-order valence-electron chi connectivity index (χ2n) is 5.89. The zero-order valence-electron chi connectivity index (χ0n) is 14.6. The molecule has 0 aliphatic carbocycles. The van der Waals surface area contributed by atoms with Crippen molar-refractivity contribution in [1.82, 2.24) is 24.7 Å². The minimum absolute atomic E-state index is 0.227. The molecule has 7 heteroatoms. The van der Waals surface area contributed by atoms with Gasteiger partial charge in [-0.05, 0) is 31.2 Å². The standard InChI is InChI=1S/C20H16N6O/c1-14-17(8-9-18(24-14)15-5-3-2-4-6-15)20(27)25-16-7-10-19(22-11-16)26-13-21-12-23-26/h2-13H,1H3,(H,25,27). The molecule has 7 nitrogen and oxygen atoms in total. The molecule has 0 atom stereocenters. The van der Waals surface area contributed by atoms with Crippen LogP contribution in [-0.2, 0) is 0 Å². The normalized spacial score (nSPS) is 10.6. The van der Waals surface area contributed by atoms with Crippen molar-refractivity contribution in [3.63, 3.8) is 0 Å². The van der Waals surface area contributed by atoms with E-state index in [4.69, 9.17) is 0 Å². The van der Waals surface area contributed by atoms with Crippen LogP contribution in [0.4, 0.5) is 5.69 Å². The monoisotopic (exact) mass is 356 g/mol. The highest BCUT2D eigenvalue weighted by molar-refractivity contribution is 6.05. The summed E-state index contributed by atoms with van der Waals surface area (Å²) >= 11 is 0. The van der Waals surface area contributed by atoms with Crippen molar-refractivity contribution < 1.29 is 4.79 Å². The number of anilines is 1. The first kappa shape index (κ1) is 16.6. The number of aryl methyl sites for hydroxylation is 1. The third kappa shape index (κ3) is 3.57. The molecule has 132 valence electrons. The van der Waals surface area contributed by atoms with Crippen LogP contribution in [0.25, 0.3) is 17.1 Å². The zero-order valence-corrected chi connectivity index (χ0v) is 14.6. The Bertz CT molecular complexity index is 1060. The first-order chi connectivity index (χ1) is 13.2. The number of aromatic nitrogens is 5. The number of amides is 1. The molecule has 1 aromatic carbocycles. The first-order valence-corrected chi connectivity index (χ1v) is 8.36. The molecule has 4 aromatic rings. The van der Waals surface area contributed by atoms with Gasteiger partial charge in [0.15, 0.2) is 5.82 Å². The van der Waals surface area contributed by atoms with Crippen molar-refractivity contribution in [3.8, 4) is 17.1 Å². The molecule has 27 heavy (non-hydrogen) atoms. The Morgan fingerprint density at radius 2 is 1.89 bits per heavy atom. The Morgan fingerprint density at radius 1 is 1.04 bits per heavy atom. The van der Waals surface area contributed by atoms with Crippen LogP contribution in [0.3, 0.4) is 0 Å². The molecule has 0 radical (unpaired) electrons. The van der Waals surface area contributed by atoms with Gasteiger partial charge in [-0.15, -0.1) is 0 Å². The molecule has 0 bridgehead atoms. The van der Waals surface area contributed by atoms with Gasteiger partial charge < -0.3 is 5.32 Å². The summed E-state index contributed by atoms with van der Waals surface area (Å²) in [5.41, 5.74) is 3.63. The quantitative estimate of drug-likeness (QED) is 0.606. The predicted molar refractivity (Wildman–Crippen MR) is 102 cm³/mol. The van der Waals surface area contributed by atoms with Crippen molar-refractivity contribution in [2.75, 3.05) is 5.32 Å². The number of carbonyl (C=O) groups excluding carboxylic acids is 1. The van der Waals surface area contributed by atoms with Crippen LogP contribution in [0.1, 0.15) is 16.1 Å². The van der Waals surface area contributed by atoms with E-state index in [9.17, 15) is 4.79 Å². The van der Waals surface area contributed by atoms with Crippen molar-refractivity contribution in [2.45, 2.75) is 6.92 Å². The average Bonchev–Trinajstić information content (AvgIpc) is 3.24.